The lowest BCUT2D eigenvalue weighted by molar-refractivity contribution is 0.970. The van der Waals surface area contributed by atoms with Crippen molar-refractivity contribution < 1.29 is 0 Å². The number of benzene rings is 1. The van der Waals surface area contributed by atoms with E-state index in [1.54, 1.807) is 0 Å². The molecule has 0 bridgehead atoms. The van der Waals surface area contributed by atoms with Gasteiger partial charge in [-0.3, -0.25) is 0 Å². The summed E-state index contributed by atoms with van der Waals surface area (Å²) in [6.07, 6.45) is 4.64. The summed E-state index contributed by atoms with van der Waals surface area (Å²) in [6.45, 7) is 8.71. The fourth-order valence-corrected chi connectivity index (χ4v) is 1.79. The Morgan fingerprint density at radius 3 is 2.57 bits per heavy atom. The van der Waals surface area contributed by atoms with Crippen LogP contribution in [0.2, 0.25) is 0 Å². The van der Waals surface area contributed by atoms with Gasteiger partial charge in [-0.05, 0) is 43.9 Å². The van der Waals surface area contributed by atoms with Crippen LogP contribution in [0, 0.1) is 13.8 Å². The van der Waals surface area contributed by atoms with Crippen molar-refractivity contribution in [1.29, 1.82) is 0 Å². The minimum atomic E-state index is 1.18. The molecule has 0 amide bonds. The van der Waals surface area contributed by atoms with E-state index in [0.717, 1.165) is 0 Å². The van der Waals surface area contributed by atoms with Gasteiger partial charge < -0.3 is 0 Å². The van der Waals surface area contributed by atoms with Crippen molar-refractivity contribution in [2.75, 3.05) is 0 Å². The monoisotopic (exact) mass is 188 g/mol. The van der Waals surface area contributed by atoms with E-state index in [1.807, 2.05) is 0 Å². The third-order valence-electron chi connectivity index (χ3n) is 2.61. The zero-order valence-electron chi connectivity index (χ0n) is 9.72. The van der Waals surface area contributed by atoms with Crippen LogP contribution < -0.4 is 0 Å². The highest BCUT2D eigenvalue weighted by atomic mass is 14.1. The van der Waals surface area contributed by atoms with E-state index in [9.17, 15) is 0 Å². The summed E-state index contributed by atoms with van der Waals surface area (Å²) in [6, 6.07) is 6.68. The molecule has 1 aromatic rings. The maximum absolute atomic E-state index is 2.29. The lowest BCUT2D eigenvalue weighted by Gasteiger charge is -2.10. The smallest absolute Gasteiger partial charge is 0.0196 e. The number of aryl methyl sites for hydroxylation is 2. The first kappa shape index (κ1) is 11.0. The van der Waals surface area contributed by atoms with Gasteiger partial charge in [0.25, 0.3) is 0 Å². The molecule has 76 valence electrons. The standard InChI is InChI=1S/C14H20/c1-5-7-13(6-2)14-10-11(3)8-9-12(14)4/h6,8-10H,5,7H2,1-4H3. The molecule has 0 radical (unpaired) electrons. The van der Waals surface area contributed by atoms with E-state index in [0.29, 0.717) is 0 Å². The average molecular weight is 188 g/mol. The van der Waals surface area contributed by atoms with E-state index < -0.39 is 0 Å². The number of rotatable bonds is 3. The van der Waals surface area contributed by atoms with Gasteiger partial charge in [-0.25, -0.2) is 0 Å². The molecule has 0 aromatic heterocycles. The lowest BCUT2D eigenvalue weighted by atomic mass is 9.95. The molecule has 0 spiro atoms. The van der Waals surface area contributed by atoms with Crippen LogP contribution in [0.25, 0.3) is 5.57 Å². The molecule has 0 atom stereocenters. The van der Waals surface area contributed by atoms with E-state index in [2.05, 4.69) is 52.0 Å². The summed E-state index contributed by atoms with van der Waals surface area (Å²) >= 11 is 0. The molecule has 0 heterocycles. The quantitative estimate of drug-likeness (QED) is 0.655. The highest BCUT2D eigenvalue weighted by Gasteiger charge is 2.03. The van der Waals surface area contributed by atoms with E-state index in [1.165, 1.54) is 35.1 Å². The van der Waals surface area contributed by atoms with Crippen LogP contribution in [0.1, 0.15) is 43.4 Å². The number of allylic oxidation sites excluding steroid dienone is 2. The maximum Gasteiger partial charge on any atom is -0.0196 e. The van der Waals surface area contributed by atoms with Crippen molar-refractivity contribution in [3.63, 3.8) is 0 Å². The first-order valence-corrected chi connectivity index (χ1v) is 5.41. The SMILES string of the molecule is CC=C(CCC)c1cc(C)ccc1C. The molecule has 0 aliphatic heterocycles. The summed E-state index contributed by atoms with van der Waals surface area (Å²) < 4.78 is 0. The third kappa shape index (κ3) is 2.47. The Kier molecular flexibility index (Phi) is 3.94. The minimum absolute atomic E-state index is 1.18. The molecule has 0 heteroatoms. The summed E-state index contributed by atoms with van der Waals surface area (Å²) in [5.74, 6) is 0. The Bertz CT molecular complexity index is 332. The van der Waals surface area contributed by atoms with E-state index in [-0.39, 0.29) is 0 Å². The Morgan fingerprint density at radius 1 is 1.29 bits per heavy atom. The molecule has 14 heavy (non-hydrogen) atoms. The largest absolute Gasteiger partial charge is 0.0838 e. The third-order valence-corrected chi connectivity index (χ3v) is 2.61. The molecular weight excluding hydrogens is 168 g/mol. The topological polar surface area (TPSA) is 0 Å². The molecule has 0 saturated heterocycles. The van der Waals surface area contributed by atoms with E-state index in [4.69, 9.17) is 0 Å². The van der Waals surface area contributed by atoms with Gasteiger partial charge in [0.15, 0.2) is 0 Å². The van der Waals surface area contributed by atoms with Gasteiger partial charge in [-0.1, -0.05) is 43.2 Å². The summed E-state index contributed by atoms with van der Waals surface area (Å²) in [7, 11) is 0. The van der Waals surface area contributed by atoms with Gasteiger partial charge in [0, 0.05) is 0 Å². The Hall–Kier alpha value is -1.04. The van der Waals surface area contributed by atoms with Gasteiger partial charge >= 0.3 is 0 Å². The number of hydrogen-bond donors (Lipinski definition) is 0. The summed E-state index contributed by atoms with van der Waals surface area (Å²) in [5.41, 5.74) is 5.64. The fourth-order valence-electron chi connectivity index (χ4n) is 1.79. The second-order valence-corrected chi connectivity index (χ2v) is 3.88. The molecule has 0 nitrogen and oxygen atoms in total. The van der Waals surface area contributed by atoms with Crippen LogP contribution in [0.5, 0.6) is 0 Å². The summed E-state index contributed by atoms with van der Waals surface area (Å²) in [4.78, 5) is 0. The Morgan fingerprint density at radius 2 is 2.00 bits per heavy atom. The minimum Gasteiger partial charge on any atom is -0.0838 e. The van der Waals surface area contributed by atoms with Crippen LogP contribution in [-0.4, -0.2) is 0 Å². The molecule has 0 saturated carbocycles. The lowest BCUT2D eigenvalue weighted by Crippen LogP contribution is -1.90. The van der Waals surface area contributed by atoms with Crippen molar-refractivity contribution in [1.82, 2.24) is 0 Å². The van der Waals surface area contributed by atoms with E-state index >= 15 is 0 Å². The molecule has 0 unspecified atom stereocenters. The second kappa shape index (κ2) is 4.99. The highest BCUT2D eigenvalue weighted by molar-refractivity contribution is 5.68. The summed E-state index contributed by atoms with van der Waals surface area (Å²) in [5, 5.41) is 0. The van der Waals surface area contributed by atoms with Crippen LogP contribution in [0.15, 0.2) is 24.3 Å². The van der Waals surface area contributed by atoms with Gasteiger partial charge in [-0.2, -0.15) is 0 Å². The molecule has 0 aliphatic rings. The van der Waals surface area contributed by atoms with Gasteiger partial charge in [0.1, 0.15) is 0 Å². The first-order chi connectivity index (χ1) is 6.69. The Balaban J connectivity index is 3.09. The molecule has 0 N–H and O–H groups in total. The molecule has 0 aliphatic carbocycles. The van der Waals surface area contributed by atoms with Gasteiger partial charge in [0.2, 0.25) is 0 Å². The predicted octanol–water partition coefficient (Wildman–Crippen LogP) is 4.51. The molecule has 1 aromatic carbocycles. The van der Waals surface area contributed by atoms with Crippen molar-refractivity contribution in [3.8, 4) is 0 Å². The van der Waals surface area contributed by atoms with Crippen molar-refractivity contribution in [3.05, 3.63) is 41.0 Å². The highest BCUT2D eigenvalue weighted by Crippen LogP contribution is 2.24. The number of hydrogen-bond acceptors (Lipinski definition) is 0. The zero-order chi connectivity index (χ0) is 10.6. The predicted molar refractivity (Wildman–Crippen MR) is 64.5 cm³/mol. The zero-order valence-corrected chi connectivity index (χ0v) is 9.72. The van der Waals surface area contributed by atoms with Crippen LogP contribution in [0.3, 0.4) is 0 Å². The van der Waals surface area contributed by atoms with Crippen LogP contribution in [-0.2, 0) is 0 Å². The second-order valence-electron chi connectivity index (χ2n) is 3.88. The molecule has 1 rings (SSSR count). The molecular formula is C14H20. The maximum atomic E-state index is 2.29. The molecule has 0 fully saturated rings. The van der Waals surface area contributed by atoms with Crippen LogP contribution >= 0.6 is 0 Å². The van der Waals surface area contributed by atoms with Crippen molar-refractivity contribution in [2.45, 2.75) is 40.5 Å². The van der Waals surface area contributed by atoms with Crippen LogP contribution in [0.4, 0.5) is 0 Å². The fraction of sp³-hybridized carbons (Fsp3) is 0.429. The van der Waals surface area contributed by atoms with Gasteiger partial charge in [0.05, 0.1) is 0 Å². The normalized spacial score (nSPS) is 11.9. The van der Waals surface area contributed by atoms with Crippen molar-refractivity contribution >= 4 is 5.57 Å². The van der Waals surface area contributed by atoms with Crippen molar-refractivity contribution in [2.24, 2.45) is 0 Å². The Labute approximate surface area is 87.7 Å². The first-order valence-electron chi connectivity index (χ1n) is 5.41. The average Bonchev–Trinajstić information content (AvgIpc) is 2.18. The van der Waals surface area contributed by atoms with Gasteiger partial charge in [-0.15, -0.1) is 0 Å².